The van der Waals surface area contributed by atoms with Crippen molar-refractivity contribution in [1.29, 1.82) is 5.26 Å². The molecule has 2 fully saturated rings. The van der Waals surface area contributed by atoms with Crippen LogP contribution in [0.3, 0.4) is 0 Å². The number of carbonyl (C=O) groups excluding carboxylic acids is 1. The Bertz CT molecular complexity index is 1270. The Labute approximate surface area is 235 Å². The molecule has 1 amide bonds. The number of hydrogen-bond donors (Lipinski definition) is 1. The number of piperazine rings is 1. The van der Waals surface area contributed by atoms with Crippen LogP contribution in [-0.4, -0.2) is 72.2 Å². The second-order valence-electron chi connectivity index (χ2n) is 10.5. The third kappa shape index (κ3) is 5.97. The van der Waals surface area contributed by atoms with E-state index in [1.165, 1.54) is 28.4 Å². The molecular weight excluding hydrogens is 514 g/mol. The van der Waals surface area contributed by atoms with Crippen LogP contribution in [-0.2, 0) is 17.8 Å². The molecule has 206 valence electrons. The highest BCUT2D eigenvalue weighted by molar-refractivity contribution is 6.26. The Balaban J connectivity index is 1.45. The number of amides is 1. The van der Waals surface area contributed by atoms with Crippen LogP contribution in [0, 0.1) is 25.2 Å². The summed E-state index contributed by atoms with van der Waals surface area (Å²) in [5.41, 5.74) is 7.11. The highest BCUT2D eigenvalue weighted by Gasteiger charge is 2.33. The Morgan fingerprint density at radius 3 is 2.90 bits per heavy atom. The number of nitrogens with one attached hydrogen (secondary N) is 1. The second-order valence-corrected chi connectivity index (χ2v) is 10.8. The molecule has 5 rings (SSSR count). The second kappa shape index (κ2) is 12.2. The van der Waals surface area contributed by atoms with E-state index in [9.17, 15) is 10.1 Å². The van der Waals surface area contributed by atoms with Crippen molar-refractivity contribution in [2.75, 3.05) is 49.1 Å². The lowest BCUT2D eigenvalue weighted by molar-refractivity contribution is -0.128. The Morgan fingerprint density at radius 1 is 1.26 bits per heavy atom. The average molecular weight is 550 g/mol. The Morgan fingerprint density at radius 2 is 2.13 bits per heavy atom. The minimum absolute atomic E-state index is 0.174. The fourth-order valence-corrected chi connectivity index (χ4v) is 5.95. The first kappa shape index (κ1) is 27.2. The summed E-state index contributed by atoms with van der Waals surface area (Å²) < 4.78 is 6.17. The summed E-state index contributed by atoms with van der Waals surface area (Å²) in [5.74, 6) is 0.685. The molecular formula is C29H36ClN7O2. The molecule has 0 saturated carbocycles. The van der Waals surface area contributed by atoms with Crippen LogP contribution < -0.4 is 19.9 Å². The lowest BCUT2D eigenvalue weighted by Crippen LogP contribution is -2.55. The number of aryl methyl sites for hydroxylation is 1. The topological polar surface area (TPSA) is 97.6 Å². The third-order valence-corrected chi connectivity index (χ3v) is 8.24. The summed E-state index contributed by atoms with van der Waals surface area (Å²) in [4.78, 5) is 28.8. The van der Waals surface area contributed by atoms with Crippen LogP contribution in [0.4, 0.5) is 11.5 Å². The van der Waals surface area contributed by atoms with E-state index in [0.29, 0.717) is 44.8 Å². The lowest BCUT2D eigenvalue weighted by Gasteiger charge is -2.42. The molecule has 1 aromatic heterocycles. The maximum Gasteiger partial charge on any atom is 0.318 e. The molecule has 2 saturated heterocycles. The highest BCUT2D eigenvalue weighted by Crippen LogP contribution is 2.34. The van der Waals surface area contributed by atoms with Gasteiger partial charge >= 0.3 is 6.01 Å². The van der Waals surface area contributed by atoms with Gasteiger partial charge in [-0.3, -0.25) is 4.79 Å². The normalized spacial score (nSPS) is 21.2. The summed E-state index contributed by atoms with van der Waals surface area (Å²) in [6.07, 6.45) is 4.62. The zero-order valence-corrected chi connectivity index (χ0v) is 23.5. The van der Waals surface area contributed by atoms with Gasteiger partial charge in [0.1, 0.15) is 12.4 Å². The predicted octanol–water partition coefficient (Wildman–Crippen LogP) is 3.47. The lowest BCUT2D eigenvalue weighted by atomic mass is 10.0. The van der Waals surface area contributed by atoms with Gasteiger partial charge in [0.15, 0.2) is 0 Å². The zero-order valence-electron chi connectivity index (χ0n) is 22.7. The van der Waals surface area contributed by atoms with Gasteiger partial charge in [-0.1, -0.05) is 23.7 Å². The first-order valence-corrected chi connectivity index (χ1v) is 14.2. The number of benzene rings is 1. The van der Waals surface area contributed by atoms with Crippen LogP contribution in [0.2, 0.25) is 0 Å². The molecule has 2 atom stereocenters. The van der Waals surface area contributed by atoms with Crippen molar-refractivity contribution in [3.05, 3.63) is 52.2 Å². The van der Waals surface area contributed by atoms with Gasteiger partial charge in [0, 0.05) is 55.1 Å². The van der Waals surface area contributed by atoms with Gasteiger partial charge in [0.25, 0.3) is 0 Å². The quantitative estimate of drug-likeness (QED) is 0.524. The van der Waals surface area contributed by atoms with E-state index in [-0.39, 0.29) is 18.4 Å². The van der Waals surface area contributed by atoms with Gasteiger partial charge in [0.2, 0.25) is 5.91 Å². The first-order valence-electron chi connectivity index (χ1n) is 13.7. The summed E-state index contributed by atoms with van der Waals surface area (Å²) in [5, 5.41) is 13.0. The van der Waals surface area contributed by atoms with E-state index in [1.807, 2.05) is 0 Å². The van der Waals surface area contributed by atoms with E-state index in [2.05, 4.69) is 53.2 Å². The maximum atomic E-state index is 12.6. The van der Waals surface area contributed by atoms with E-state index in [4.69, 9.17) is 26.3 Å². The molecule has 0 unspecified atom stereocenters. The zero-order chi connectivity index (χ0) is 27.4. The van der Waals surface area contributed by atoms with Crippen molar-refractivity contribution in [3.63, 3.8) is 0 Å². The third-order valence-electron chi connectivity index (χ3n) is 8.11. The van der Waals surface area contributed by atoms with Crippen LogP contribution in [0.5, 0.6) is 6.01 Å². The number of fused-ring (bicyclic) bond motifs is 1. The van der Waals surface area contributed by atoms with Gasteiger partial charge in [-0.15, -0.1) is 0 Å². The smallest absolute Gasteiger partial charge is 0.318 e. The van der Waals surface area contributed by atoms with Gasteiger partial charge in [-0.05, 0) is 56.8 Å². The molecule has 4 heterocycles. The minimum Gasteiger partial charge on any atom is -0.462 e. The number of nitriles is 1. The van der Waals surface area contributed by atoms with Gasteiger partial charge in [-0.25, -0.2) is 0 Å². The predicted molar refractivity (Wildman–Crippen MR) is 152 cm³/mol. The van der Waals surface area contributed by atoms with Crippen molar-refractivity contribution in [3.8, 4) is 12.1 Å². The van der Waals surface area contributed by atoms with Crippen molar-refractivity contribution in [2.45, 2.75) is 58.2 Å². The van der Waals surface area contributed by atoms with Gasteiger partial charge in [-0.2, -0.15) is 15.2 Å². The maximum absolute atomic E-state index is 12.6. The van der Waals surface area contributed by atoms with Crippen LogP contribution in [0.25, 0.3) is 0 Å². The SMILES string of the molecule is Cc1cccc(N2CCc3c(nc(OC[C@@H]4CCCN4)nc3N3CCN(C(=O)/C=C\Cl)[C@@H](CC#N)C3)C2)c1C. The number of aromatic nitrogens is 2. The van der Waals surface area contributed by atoms with E-state index in [1.54, 1.807) is 4.90 Å². The molecule has 9 nitrogen and oxygen atoms in total. The summed E-state index contributed by atoms with van der Waals surface area (Å²) >= 11 is 5.67. The van der Waals surface area contributed by atoms with E-state index < -0.39 is 0 Å². The monoisotopic (exact) mass is 549 g/mol. The van der Waals surface area contributed by atoms with Crippen molar-refractivity contribution < 1.29 is 9.53 Å². The fraction of sp³-hybridized carbons (Fsp3) is 0.517. The summed E-state index contributed by atoms with van der Waals surface area (Å²) in [7, 11) is 0. The first-order chi connectivity index (χ1) is 19.0. The van der Waals surface area contributed by atoms with E-state index in [0.717, 1.165) is 49.4 Å². The van der Waals surface area contributed by atoms with Gasteiger partial charge in [0.05, 0.1) is 30.8 Å². The molecule has 10 heteroatoms. The highest BCUT2D eigenvalue weighted by atomic mass is 35.5. The van der Waals surface area contributed by atoms with E-state index >= 15 is 0 Å². The molecule has 0 bridgehead atoms. The van der Waals surface area contributed by atoms with Crippen LogP contribution in [0.1, 0.15) is 41.6 Å². The average Bonchev–Trinajstić information content (AvgIpc) is 3.47. The largest absolute Gasteiger partial charge is 0.462 e. The molecule has 1 N–H and O–H groups in total. The van der Waals surface area contributed by atoms with Gasteiger partial charge < -0.3 is 24.8 Å². The molecule has 1 aromatic carbocycles. The molecule has 2 aromatic rings. The molecule has 0 spiro atoms. The number of ether oxygens (including phenoxy) is 1. The Hall–Kier alpha value is -3.35. The van der Waals surface area contributed by atoms with Crippen molar-refractivity contribution >= 4 is 29.0 Å². The summed E-state index contributed by atoms with van der Waals surface area (Å²) in [6.45, 7) is 9.01. The summed E-state index contributed by atoms with van der Waals surface area (Å²) in [6, 6.07) is 9.12. The standard InChI is InChI=1S/C29H36ClN7O2/c1-20-5-3-7-26(21(20)2)35-14-10-24-25(18-35)33-29(39-19-22-6-4-13-32-22)34-28(24)36-15-16-37(27(38)8-11-30)23(17-36)9-12-31/h3,5,7-8,11,22-23,32H,4,6,9-10,13-19H2,1-2H3/b11-8-/t22-,23-/m0/s1. The van der Waals surface area contributed by atoms with Crippen molar-refractivity contribution in [2.24, 2.45) is 0 Å². The van der Waals surface area contributed by atoms with Crippen molar-refractivity contribution in [1.82, 2.24) is 20.2 Å². The molecule has 3 aliphatic heterocycles. The number of halogens is 1. The number of hydrogen-bond acceptors (Lipinski definition) is 8. The minimum atomic E-state index is -0.253. The fourth-order valence-electron chi connectivity index (χ4n) is 5.84. The number of anilines is 2. The molecule has 39 heavy (non-hydrogen) atoms. The number of carbonyl (C=O) groups is 1. The number of nitrogens with zero attached hydrogens (tertiary/aromatic N) is 6. The molecule has 3 aliphatic rings. The molecule has 0 radical (unpaired) electrons. The number of rotatable bonds is 7. The van der Waals surface area contributed by atoms with Crippen LogP contribution in [0.15, 0.2) is 29.8 Å². The Kier molecular flexibility index (Phi) is 8.53. The molecule has 0 aliphatic carbocycles. The van der Waals surface area contributed by atoms with Crippen LogP contribution >= 0.6 is 11.6 Å².